The van der Waals surface area contributed by atoms with Crippen LogP contribution in [0, 0.1) is 0 Å². The molecule has 0 aromatic carbocycles. The van der Waals surface area contributed by atoms with Crippen molar-refractivity contribution in [2.75, 3.05) is 19.8 Å². The van der Waals surface area contributed by atoms with E-state index in [1.54, 1.807) is 0 Å². The van der Waals surface area contributed by atoms with E-state index < -0.39 is 5.97 Å². The summed E-state index contributed by atoms with van der Waals surface area (Å²) in [7, 11) is 0. The summed E-state index contributed by atoms with van der Waals surface area (Å²) in [5.41, 5.74) is 0. The van der Waals surface area contributed by atoms with Crippen molar-refractivity contribution in [2.24, 2.45) is 0 Å². The number of ether oxygens (including phenoxy) is 2. The van der Waals surface area contributed by atoms with E-state index in [1.165, 1.54) is 70.6 Å². The predicted octanol–water partition coefficient (Wildman–Crippen LogP) is 4.95. The van der Waals surface area contributed by atoms with Gasteiger partial charge in [0.15, 0.2) is 0 Å². The third-order valence-electron chi connectivity index (χ3n) is 4.39. The van der Waals surface area contributed by atoms with Gasteiger partial charge in [-0.2, -0.15) is 0 Å². The minimum atomic E-state index is -0.662. The molecule has 1 aliphatic heterocycles. The Kier molecular flexibility index (Phi) is 13.3. The number of aliphatic carboxylic acids is 1. The number of hydrogen-bond acceptors (Lipinski definition) is 3. The standard InChI is InChI=1S/C19H36O4/c20-19(21)14-12-10-8-6-4-2-1-3-5-7-9-11-13-15-22-16-18-17-23-18/h18H,1-17H2,(H,20,21). The van der Waals surface area contributed by atoms with Crippen molar-refractivity contribution < 1.29 is 19.4 Å². The third kappa shape index (κ3) is 16.0. The van der Waals surface area contributed by atoms with Crippen molar-refractivity contribution >= 4 is 5.97 Å². The fourth-order valence-corrected chi connectivity index (χ4v) is 2.80. The average Bonchev–Trinajstić information content (AvgIpc) is 3.34. The Labute approximate surface area is 141 Å². The van der Waals surface area contributed by atoms with E-state index in [2.05, 4.69) is 0 Å². The van der Waals surface area contributed by atoms with Crippen molar-refractivity contribution in [1.29, 1.82) is 0 Å². The van der Waals surface area contributed by atoms with Gasteiger partial charge in [-0.1, -0.05) is 70.6 Å². The van der Waals surface area contributed by atoms with Crippen molar-refractivity contribution in [3.63, 3.8) is 0 Å². The molecule has 1 N–H and O–H groups in total. The first-order valence-electron chi connectivity index (χ1n) is 9.70. The van der Waals surface area contributed by atoms with Gasteiger partial charge >= 0.3 is 5.97 Å². The number of carboxylic acid groups (broad SMARTS) is 1. The molecule has 0 saturated carbocycles. The van der Waals surface area contributed by atoms with Crippen LogP contribution >= 0.6 is 0 Å². The minimum Gasteiger partial charge on any atom is -0.481 e. The first kappa shape index (κ1) is 20.4. The van der Waals surface area contributed by atoms with Gasteiger partial charge in [-0.25, -0.2) is 0 Å². The van der Waals surface area contributed by atoms with Crippen LogP contribution in [0.5, 0.6) is 0 Å². The second kappa shape index (κ2) is 14.9. The van der Waals surface area contributed by atoms with Gasteiger partial charge in [0.25, 0.3) is 0 Å². The van der Waals surface area contributed by atoms with Gasteiger partial charge in [-0.15, -0.1) is 0 Å². The number of rotatable bonds is 18. The van der Waals surface area contributed by atoms with Gasteiger partial charge in [-0.3, -0.25) is 4.79 Å². The van der Waals surface area contributed by atoms with Gasteiger partial charge in [0.05, 0.1) is 13.2 Å². The Balaban J connectivity index is 1.61. The molecular weight excluding hydrogens is 292 g/mol. The van der Waals surface area contributed by atoms with Crippen LogP contribution in [0.4, 0.5) is 0 Å². The summed E-state index contributed by atoms with van der Waals surface area (Å²) in [4.78, 5) is 10.4. The van der Waals surface area contributed by atoms with E-state index in [4.69, 9.17) is 14.6 Å². The zero-order valence-corrected chi connectivity index (χ0v) is 14.8. The van der Waals surface area contributed by atoms with Crippen LogP contribution in [0.15, 0.2) is 0 Å². The molecule has 1 heterocycles. The molecule has 4 heteroatoms. The zero-order valence-electron chi connectivity index (χ0n) is 14.8. The van der Waals surface area contributed by atoms with Crippen LogP contribution in [0.25, 0.3) is 0 Å². The van der Waals surface area contributed by atoms with Crippen LogP contribution < -0.4 is 0 Å². The van der Waals surface area contributed by atoms with Crippen molar-refractivity contribution in [1.82, 2.24) is 0 Å². The summed E-state index contributed by atoms with van der Waals surface area (Å²) >= 11 is 0. The lowest BCUT2D eigenvalue weighted by Gasteiger charge is -2.04. The molecule has 0 bridgehead atoms. The van der Waals surface area contributed by atoms with E-state index in [0.717, 1.165) is 32.7 Å². The highest BCUT2D eigenvalue weighted by Gasteiger charge is 2.21. The number of hydrogen-bond donors (Lipinski definition) is 1. The van der Waals surface area contributed by atoms with E-state index in [9.17, 15) is 4.79 Å². The third-order valence-corrected chi connectivity index (χ3v) is 4.39. The lowest BCUT2D eigenvalue weighted by molar-refractivity contribution is -0.137. The van der Waals surface area contributed by atoms with Crippen molar-refractivity contribution in [3.8, 4) is 0 Å². The summed E-state index contributed by atoms with van der Waals surface area (Å²) < 4.78 is 10.6. The smallest absolute Gasteiger partial charge is 0.303 e. The summed E-state index contributed by atoms with van der Waals surface area (Å²) in [6.07, 6.45) is 17.1. The number of carbonyl (C=O) groups is 1. The Morgan fingerprint density at radius 1 is 0.826 bits per heavy atom. The van der Waals surface area contributed by atoms with Crippen LogP contribution in [-0.2, 0) is 14.3 Å². The number of carboxylic acids is 1. The molecule has 1 unspecified atom stereocenters. The topological polar surface area (TPSA) is 59.1 Å². The molecule has 1 rings (SSSR count). The van der Waals surface area contributed by atoms with Gasteiger partial charge in [0.1, 0.15) is 6.10 Å². The number of epoxide rings is 1. The Morgan fingerprint density at radius 3 is 1.70 bits per heavy atom. The average molecular weight is 328 g/mol. The highest BCUT2D eigenvalue weighted by atomic mass is 16.6. The lowest BCUT2D eigenvalue weighted by atomic mass is 10.0. The fraction of sp³-hybridized carbons (Fsp3) is 0.947. The summed E-state index contributed by atoms with van der Waals surface area (Å²) in [6, 6.07) is 0. The molecule has 0 amide bonds. The summed E-state index contributed by atoms with van der Waals surface area (Å²) in [5, 5.41) is 8.54. The van der Waals surface area contributed by atoms with Gasteiger partial charge in [0, 0.05) is 13.0 Å². The van der Waals surface area contributed by atoms with Gasteiger partial charge in [0.2, 0.25) is 0 Å². The Morgan fingerprint density at radius 2 is 1.26 bits per heavy atom. The monoisotopic (exact) mass is 328 g/mol. The maximum Gasteiger partial charge on any atom is 0.303 e. The van der Waals surface area contributed by atoms with Crippen molar-refractivity contribution in [3.05, 3.63) is 0 Å². The maximum absolute atomic E-state index is 10.4. The molecule has 1 aliphatic rings. The lowest BCUT2D eigenvalue weighted by Crippen LogP contribution is -2.02. The largest absolute Gasteiger partial charge is 0.481 e. The Bertz CT molecular complexity index is 277. The van der Waals surface area contributed by atoms with E-state index in [-0.39, 0.29) is 0 Å². The first-order chi connectivity index (χ1) is 11.3. The van der Waals surface area contributed by atoms with E-state index in [1.807, 2.05) is 0 Å². The molecule has 0 spiro atoms. The fourth-order valence-electron chi connectivity index (χ4n) is 2.80. The first-order valence-corrected chi connectivity index (χ1v) is 9.70. The van der Waals surface area contributed by atoms with Crippen LogP contribution in [-0.4, -0.2) is 37.0 Å². The molecule has 0 aromatic heterocycles. The molecule has 0 aliphatic carbocycles. The second-order valence-electron chi connectivity index (χ2n) is 6.77. The highest BCUT2D eigenvalue weighted by molar-refractivity contribution is 5.66. The van der Waals surface area contributed by atoms with Gasteiger partial charge in [-0.05, 0) is 12.8 Å². The van der Waals surface area contributed by atoms with Crippen LogP contribution in [0.3, 0.4) is 0 Å². The normalized spacial score (nSPS) is 16.6. The predicted molar refractivity (Wildman–Crippen MR) is 92.8 cm³/mol. The second-order valence-corrected chi connectivity index (χ2v) is 6.77. The molecule has 0 aromatic rings. The highest BCUT2D eigenvalue weighted by Crippen LogP contribution is 2.13. The molecule has 1 saturated heterocycles. The van der Waals surface area contributed by atoms with E-state index >= 15 is 0 Å². The molecule has 0 radical (unpaired) electrons. The molecule has 4 nitrogen and oxygen atoms in total. The van der Waals surface area contributed by atoms with Crippen molar-refractivity contribution in [2.45, 2.75) is 96.0 Å². The Hall–Kier alpha value is -0.610. The molecular formula is C19H36O4. The molecule has 1 atom stereocenters. The molecule has 1 fully saturated rings. The quantitative estimate of drug-likeness (QED) is 0.286. The maximum atomic E-state index is 10.4. The summed E-state index contributed by atoms with van der Waals surface area (Å²) in [6.45, 7) is 2.58. The number of unbranched alkanes of at least 4 members (excludes halogenated alkanes) is 12. The van der Waals surface area contributed by atoms with Crippen LogP contribution in [0.2, 0.25) is 0 Å². The molecule has 136 valence electrons. The zero-order chi connectivity index (χ0) is 16.6. The minimum absolute atomic E-state index is 0.334. The summed E-state index contributed by atoms with van der Waals surface area (Å²) in [5.74, 6) is -0.662. The van der Waals surface area contributed by atoms with Crippen LogP contribution in [0.1, 0.15) is 89.9 Å². The SMILES string of the molecule is O=C(O)CCCCCCCCCCCCCCCOCC1CO1. The van der Waals surface area contributed by atoms with E-state index in [0.29, 0.717) is 12.5 Å². The van der Waals surface area contributed by atoms with Gasteiger partial charge < -0.3 is 14.6 Å². The molecule has 23 heavy (non-hydrogen) atoms.